The highest BCUT2D eigenvalue weighted by atomic mass is 32.1. The number of methoxy groups -OCH3 is 1. The van der Waals surface area contributed by atoms with Crippen molar-refractivity contribution in [2.75, 3.05) is 18.7 Å². The van der Waals surface area contributed by atoms with Gasteiger partial charge in [0.05, 0.1) is 34.7 Å². The van der Waals surface area contributed by atoms with Gasteiger partial charge in [0, 0.05) is 0 Å². The standard InChI is InChI=1S/C26H20N4O4S/c1-16-7-9-17(10-8-16)14-27-30(26-28-21-12-11-18(34-2)13-22(21)35-26)23(31)15-29-24(32)19-5-3-4-6-20(19)25(29)33/h3-14H,15H2,1-2H3/b27-14+. The van der Waals surface area contributed by atoms with Crippen LogP contribution in [-0.4, -0.2) is 47.5 Å². The van der Waals surface area contributed by atoms with Gasteiger partial charge in [-0.25, -0.2) is 4.98 Å². The number of aromatic nitrogens is 1. The average Bonchev–Trinajstić information content (AvgIpc) is 3.39. The van der Waals surface area contributed by atoms with Crippen LogP contribution in [0.15, 0.2) is 71.8 Å². The lowest BCUT2D eigenvalue weighted by Crippen LogP contribution is -2.41. The van der Waals surface area contributed by atoms with Crippen LogP contribution >= 0.6 is 11.3 Å². The van der Waals surface area contributed by atoms with Gasteiger partial charge in [0.25, 0.3) is 17.7 Å². The number of hydrogen-bond donors (Lipinski definition) is 0. The molecule has 0 N–H and O–H groups in total. The molecule has 0 unspecified atom stereocenters. The minimum atomic E-state index is -0.561. The summed E-state index contributed by atoms with van der Waals surface area (Å²) in [6.45, 7) is 1.52. The molecule has 0 spiro atoms. The zero-order valence-corrected chi connectivity index (χ0v) is 19.8. The first-order valence-electron chi connectivity index (χ1n) is 10.8. The van der Waals surface area contributed by atoms with Gasteiger partial charge < -0.3 is 4.74 Å². The Morgan fingerprint density at radius 1 is 1.06 bits per heavy atom. The van der Waals surface area contributed by atoms with Crippen molar-refractivity contribution >= 4 is 50.6 Å². The van der Waals surface area contributed by atoms with Gasteiger partial charge in [-0.05, 0) is 42.8 Å². The molecule has 1 aliphatic rings. The number of hydrogen-bond acceptors (Lipinski definition) is 7. The molecule has 0 bridgehead atoms. The van der Waals surface area contributed by atoms with E-state index in [4.69, 9.17) is 4.74 Å². The van der Waals surface area contributed by atoms with Crippen LogP contribution in [-0.2, 0) is 4.79 Å². The van der Waals surface area contributed by atoms with Crippen molar-refractivity contribution in [3.05, 3.63) is 89.0 Å². The number of aryl methyl sites for hydroxylation is 1. The normalized spacial score (nSPS) is 13.0. The third-order valence-electron chi connectivity index (χ3n) is 5.57. The summed E-state index contributed by atoms with van der Waals surface area (Å²) in [6.07, 6.45) is 1.55. The van der Waals surface area contributed by atoms with E-state index >= 15 is 0 Å². The van der Waals surface area contributed by atoms with Gasteiger partial charge in [-0.15, -0.1) is 0 Å². The number of fused-ring (bicyclic) bond motifs is 2. The third kappa shape index (κ3) is 4.29. The van der Waals surface area contributed by atoms with Crippen molar-refractivity contribution < 1.29 is 19.1 Å². The number of ether oxygens (including phenoxy) is 1. The summed E-state index contributed by atoms with van der Waals surface area (Å²) >= 11 is 1.26. The fraction of sp³-hybridized carbons (Fsp3) is 0.115. The van der Waals surface area contributed by atoms with E-state index in [1.165, 1.54) is 11.3 Å². The maximum Gasteiger partial charge on any atom is 0.269 e. The largest absolute Gasteiger partial charge is 0.497 e. The second kappa shape index (κ2) is 9.11. The molecule has 1 aliphatic heterocycles. The summed E-state index contributed by atoms with van der Waals surface area (Å²) < 4.78 is 6.09. The number of carbonyl (C=O) groups excluding carboxylic acids is 3. The molecule has 3 amide bonds. The number of nitrogens with zero attached hydrogens (tertiary/aromatic N) is 4. The number of imide groups is 1. The summed E-state index contributed by atoms with van der Waals surface area (Å²) in [6, 6.07) is 19.6. The summed E-state index contributed by atoms with van der Waals surface area (Å²) in [5.41, 5.74) is 3.13. The van der Waals surface area contributed by atoms with Crippen LogP contribution in [0, 0.1) is 6.92 Å². The first-order valence-corrected chi connectivity index (χ1v) is 11.6. The number of carbonyl (C=O) groups is 3. The van der Waals surface area contributed by atoms with Crippen molar-refractivity contribution in [3.63, 3.8) is 0 Å². The highest BCUT2D eigenvalue weighted by molar-refractivity contribution is 7.22. The minimum Gasteiger partial charge on any atom is -0.497 e. The van der Waals surface area contributed by atoms with Gasteiger partial charge in [-0.3, -0.25) is 19.3 Å². The van der Waals surface area contributed by atoms with E-state index in [0.717, 1.165) is 25.7 Å². The lowest BCUT2D eigenvalue weighted by Gasteiger charge is -2.18. The summed E-state index contributed by atoms with van der Waals surface area (Å²) in [7, 11) is 1.58. The highest BCUT2D eigenvalue weighted by Gasteiger charge is 2.37. The molecule has 0 atom stereocenters. The Bertz CT molecular complexity index is 1460. The first-order chi connectivity index (χ1) is 16.9. The zero-order valence-electron chi connectivity index (χ0n) is 19.0. The Labute approximate surface area is 205 Å². The van der Waals surface area contributed by atoms with Crippen molar-refractivity contribution in [3.8, 4) is 5.75 Å². The van der Waals surface area contributed by atoms with Gasteiger partial charge in [-0.2, -0.15) is 10.1 Å². The Morgan fingerprint density at radius 3 is 2.40 bits per heavy atom. The van der Waals surface area contributed by atoms with Crippen LogP contribution in [0.25, 0.3) is 10.2 Å². The van der Waals surface area contributed by atoms with Crippen molar-refractivity contribution in [2.24, 2.45) is 5.10 Å². The molecule has 5 rings (SSSR count). The molecule has 1 aromatic heterocycles. The molecule has 35 heavy (non-hydrogen) atoms. The van der Waals surface area contributed by atoms with Crippen LogP contribution in [0.3, 0.4) is 0 Å². The number of hydrazone groups is 1. The van der Waals surface area contributed by atoms with Crippen molar-refractivity contribution in [2.45, 2.75) is 6.92 Å². The van der Waals surface area contributed by atoms with Crippen molar-refractivity contribution in [1.82, 2.24) is 9.88 Å². The summed E-state index contributed by atoms with van der Waals surface area (Å²) in [4.78, 5) is 44.5. The number of amides is 3. The molecular weight excluding hydrogens is 464 g/mol. The fourth-order valence-electron chi connectivity index (χ4n) is 3.69. The molecule has 174 valence electrons. The molecule has 4 aromatic rings. The Kier molecular flexibility index (Phi) is 5.84. The molecule has 0 aliphatic carbocycles. The molecule has 0 radical (unpaired) electrons. The lowest BCUT2D eigenvalue weighted by molar-refractivity contribution is -0.118. The zero-order chi connectivity index (χ0) is 24.5. The molecule has 0 saturated heterocycles. The van der Waals surface area contributed by atoms with E-state index in [9.17, 15) is 14.4 Å². The summed E-state index contributed by atoms with van der Waals surface area (Å²) in [5, 5.41) is 5.86. The van der Waals surface area contributed by atoms with Gasteiger partial charge in [-0.1, -0.05) is 53.3 Å². The van der Waals surface area contributed by atoms with Crippen LogP contribution in [0.2, 0.25) is 0 Å². The number of thiazole rings is 1. The number of anilines is 1. The predicted octanol–water partition coefficient (Wildman–Crippen LogP) is 4.28. The SMILES string of the molecule is COc1ccc2nc(N(/N=C/c3ccc(C)cc3)C(=O)CN3C(=O)c4ccccc4C3=O)sc2c1. The summed E-state index contributed by atoms with van der Waals surface area (Å²) in [5.74, 6) is -0.903. The Balaban J connectivity index is 1.48. The van der Waals surface area contributed by atoms with E-state index in [2.05, 4.69) is 10.1 Å². The number of benzene rings is 3. The average molecular weight is 485 g/mol. The molecule has 0 fully saturated rings. The van der Waals surface area contributed by atoms with E-state index in [1.807, 2.05) is 37.3 Å². The van der Waals surface area contributed by atoms with Crippen LogP contribution in [0.5, 0.6) is 5.75 Å². The van der Waals surface area contributed by atoms with Gasteiger partial charge >= 0.3 is 0 Å². The predicted molar refractivity (Wildman–Crippen MR) is 134 cm³/mol. The molecule has 0 saturated carbocycles. The van der Waals surface area contributed by atoms with Gasteiger partial charge in [0.15, 0.2) is 0 Å². The Morgan fingerprint density at radius 2 is 1.74 bits per heavy atom. The van der Waals surface area contributed by atoms with E-state index in [-0.39, 0.29) is 11.1 Å². The third-order valence-corrected chi connectivity index (χ3v) is 6.57. The first kappa shape index (κ1) is 22.4. The smallest absolute Gasteiger partial charge is 0.269 e. The molecule has 3 aromatic carbocycles. The van der Waals surface area contributed by atoms with Gasteiger partial charge in [0.2, 0.25) is 5.13 Å². The maximum atomic E-state index is 13.4. The quantitative estimate of drug-likeness (QED) is 0.231. The topological polar surface area (TPSA) is 92.2 Å². The van der Waals surface area contributed by atoms with E-state index in [0.29, 0.717) is 16.4 Å². The monoisotopic (exact) mass is 484 g/mol. The number of rotatable bonds is 6. The van der Waals surface area contributed by atoms with Crippen LogP contribution < -0.4 is 9.75 Å². The highest BCUT2D eigenvalue weighted by Crippen LogP contribution is 2.32. The Hall–Kier alpha value is -4.37. The van der Waals surface area contributed by atoms with Crippen LogP contribution in [0.4, 0.5) is 5.13 Å². The molecule has 9 heteroatoms. The minimum absolute atomic E-state index is 0.284. The second-order valence-corrected chi connectivity index (χ2v) is 8.94. The molecule has 2 heterocycles. The second-order valence-electron chi connectivity index (χ2n) is 7.93. The van der Waals surface area contributed by atoms with E-state index in [1.54, 1.807) is 49.7 Å². The van der Waals surface area contributed by atoms with E-state index < -0.39 is 24.3 Å². The molecular formula is C26H20N4O4S. The lowest BCUT2D eigenvalue weighted by atomic mass is 10.1. The maximum absolute atomic E-state index is 13.4. The van der Waals surface area contributed by atoms with Crippen molar-refractivity contribution in [1.29, 1.82) is 0 Å². The fourth-order valence-corrected chi connectivity index (χ4v) is 4.66. The van der Waals surface area contributed by atoms with Gasteiger partial charge in [0.1, 0.15) is 12.3 Å². The molecule has 8 nitrogen and oxygen atoms in total. The van der Waals surface area contributed by atoms with Crippen LogP contribution in [0.1, 0.15) is 31.8 Å².